The molecule has 0 saturated carbocycles. The summed E-state index contributed by atoms with van der Waals surface area (Å²) in [6, 6.07) is 24.8. The molecular formula is C81H103N6O26+. The minimum atomic E-state index is -1.49. The van der Waals surface area contributed by atoms with E-state index in [1.807, 2.05) is 99.6 Å². The van der Waals surface area contributed by atoms with Gasteiger partial charge in [0.2, 0.25) is 19.1 Å². The monoisotopic (exact) mass is 1580 g/mol. The number of esters is 4. The Morgan fingerprint density at radius 2 is 0.982 bits per heavy atom. The second kappa shape index (κ2) is 44.3. The van der Waals surface area contributed by atoms with Gasteiger partial charge in [0.05, 0.1) is 80.8 Å². The summed E-state index contributed by atoms with van der Waals surface area (Å²) in [7, 11) is 3.89. The average Bonchev–Trinajstić information content (AvgIpc) is 0.834. The Morgan fingerprint density at radius 1 is 0.504 bits per heavy atom. The molecule has 3 aliphatic rings. The number of methoxy groups -OCH3 is 3. The number of hydrogen-bond donors (Lipinski definition) is 5. The molecule has 3 amide bonds. The van der Waals surface area contributed by atoms with Gasteiger partial charge in [0.15, 0.2) is 64.5 Å². The zero-order chi connectivity index (χ0) is 80.8. The fourth-order valence-electron chi connectivity index (χ4n) is 12.6. The summed E-state index contributed by atoms with van der Waals surface area (Å²) in [5, 5.41) is 29.9. The third kappa shape index (κ3) is 24.4. The predicted molar refractivity (Wildman–Crippen MR) is 401 cm³/mol. The molecule has 0 spiro atoms. The summed E-state index contributed by atoms with van der Waals surface area (Å²) in [5.74, 6) is -7.96. The van der Waals surface area contributed by atoms with E-state index in [0.29, 0.717) is 26.2 Å². The van der Waals surface area contributed by atoms with E-state index in [2.05, 4.69) is 25.9 Å². The standard InChI is InChI=1S/C81H102N6O26/c1-10-13-34-103-63-45-100-44-59(81(96)113-51(6)74(63)108-41-55-25-19-20-27-56(55)54-26-21-24-53(37-54)40-107-65-47-101-42-57(79(94)111-50(5)73(65)105-36-15-12-3)84-76(91)67-70(89)60(97-7)28-31-82-67)86-78(93)69-71(90)61(98-8)30-33-87(69)38-66(88)109-48-110-75-62(99-9)29-32-83-68(75)77(92)85-58-43-102-46-64(106-39-52-22-17-16-18-23-52)72(104-35-14-11-2)49(4)112-80(58)95/h16-33,37,49-51,57-59,63-65,72-74H,10-15,34-36,38-48H2,1-9H3,(H4-,84,85,86,89,90,91,92,93)/p+1. The molecule has 0 aliphatic carbocycles. The number of ether oxygens (including phenoxy) is 17. The molecule has 5 N–H and O–H groups in total. The van der Waals surface area contributed by atoms with Crippen LogP contribution < -0.4 is 39.5 Å². The summed E-state index contributed by atoms with van der Waals surface area (Å²) < 4.78 is 103. The van der Waals surface area contributed by atoms with Crippen molar-refractivity contribution in [1.82, 2.24) is 25.9 Å². The number of nitrogens with zero attached hydrogens (tertiary/aromatic N) is 3. The second-order valence-electron chi connectivity index (χ2n) is 27.0. The van der Waals surface area contributed by atoms with Crippen molar-refractivity contribution in [2.24, 2.45) is 0 Å². The predicted octanol–water partition coefficient (Wildman–Crippen LogP) is 6.94. The largest absolute Gasteiger partial charge is 0.503 e. The van der Waals surface area contributed by atoms with E-state index in [0.717, 1.165) is 64.5 Å². The molecule has 0 bridgehead atoms. The van der Waals surface area contributed by atoms with E-state index in [4.69, 9.17) is 80.5 Å². The highest BCUT2D eigenvalue weighted by Crippen LogP contribution is 2.33. The Labute approximate surface area is 655 Å². The van der Waals surface area contributed by atoms with Gasteiger partial charge < -0.3 is 107 Å². The highest BCUT2D eigenvalue weighted by molar-refractivity contribution is 5.99. The molecule has 3 aromatic carbocycles. The van der Waals surface area contributed by atoms with E-state index < -0.39 is 152 Å². The van der Waals surface area contributed by atoms with E-state index >= 15 is 0 Å². The van der Waals surface area contributed by atoms with Crippen LogP contribution in [0.4, 0.5) is 0 Å². The van der Waals surface area contributed by atoms with Crippen LogP contribution in [0.3, 0.4) is 0 Å². The van der Waals surface area contributed by atoms with Gasteiger partial charge in [0.25, 0.3) is 11.8 Å². The Bertz CT molecular complexity index is 4100. The Hall–Kier alpha value is -10.2. The molecule has 3 fully saturated rings. The number of benzene rings is 3. The van der Waals surface area contributed by atoms with Crippen molar-refractivity contribution in [2.45, 2.75) is 179 Å². The highest BCUT2D eigenvalue weighted by atomic mass is 16.7. The van der Waals surface area contributed by atoms with Gasteiger partial charge in [-0.3, -0.25) is 14.4 Å². The number of aromatic nitrogens is 3. The van der Waals surface area contributed by atoms with Crippen molar-refractivity contribution in [3.05, 3.63) is 149 Å². The first kappa shape index (κ1) is 86.8. The second-order valence-corrected chi connectivity index (χ2v) is 27.0. The SMILES string of the molecule is CCCCOC1COCC(NC(=O)c2c(O)c(OC)cc[n+]2CC(=O)OCOc2c(OC)ccnc2C(=O)NC2COCC(OCc3ccccc3)C(OCCCC)C(C)OC2=O)C(=O)OC(C)C1OCc1ccccc1-c1cccc(COC2COCC(NC(=O)c3nccc(OC)c3O)C(=O)OC(C)C2OCCCC)c1. The number of carbonyl (C=O) groups excluding carboxylic acids is 7. The summed E-state index contributed by atoms with van der Waals surface area (Å²) in [4.78, 5) is 106. The average molecular weight is 1580 g/mol. The van der Waals surface area contributed by atoms with Crippen molar-refractivity contribution in [3.63, 3.8) is 0 Å². The Morgan fingerprint density at radius 3 is 1.55 bits per heavy atom. The molecule has 3 aromatic heterocycles. The van der Waals surface area contributed by atoms with Crippen molar-refractivity contribution < 1.29 is 129 Å². The quantitative estimate of drug-likeness (QED) is 0.00873. The molecule has 12 unspecified atom stereocenters. The smallest absolute Gasteiger partial charge is 0.375 e. The minimum absolute atomic E-state index is 0.000967. The number of pyridine rings is 3. The lowest BCUT2D eigenvalue weighted by molar-refractivity contribution is -0.688. The number of rotatable bonds is 36. The molecule has 12 atom stereocenters. The third-order valence-electron chi connectivity index (χ3n) is 18.7. The first-order valence-corrected chi connectivity index (χ1v) is 37.8. The van der Waals surface area contributed by atoms with Crippen molar-refractivity contribution in [1.29, 1.82) is 0 Å². The molecule has 3 saturated heterocycles. The zero-order valence-corrected chi connectivity index (χ0v) is 65.1. The molecule has 9 rings (SSSR count). The molecule has 6 heterocycles. The lowest BCUT2D eigenvalue weighted by atomic mass is 9.98. The van der Waals surface area contributed by atoms with Gasteiger partial charge in [-0.15, -0.1) is 0 Å². The van der Waals surface area contributed by atoms with Crippen LogP contribution in [0, 0.1) is 0 Å². The zero-order valence-electron chi connectivity index (χ0n) is 65.1. The van der Waals surface area contributed by atoms with Crippen LogP contribution in [0.1, 0.15) is 128 Å². The molecular weight excluding hydrogens is 1470 g/mol. The summed E-state index contributed by atoms with van der Waals surface area (Å²) in [6.45, 7) is 9.61. The number of carbonyl (C=O) groups is 7. The number of nitrogens with one attached hydrogen (secondary N) is 3. The van der Waals surface area contributed by atoms with Crippen LogP contribution in [0.5, 0.6) is 34.5 Å². The molecule has 32 heteroatoms. The van der Waals surface area contributed by atoms with Crippen molar-refractivity contribution in [2.75, 3.05) is 87.6 Å². The lowest BCUT2D eigenvalue weighted by Crippen LogP contribution is -2.51. The summed E-state index contributed by atoms with van der Waals surface area (Å²) in [5.41, 5.74) is 2.83. The third-order valence-corrected chi connectivity index (χ3v) is 18.7. The number of unbranched alkanes of at least 4 members (excludes halogenated alkanes) is 3. The molecule has 32 nitrogen and oxygen atoms in total. The number of amides is 3. The van der Waals surface area contributed by atoms with E-state index in [9.17, 15) is 43.8 Å². The molecule has 113 heavy (non-hydrogen) atoms. The van der Waals surface area contributed by atoms with Crippen molar-refractivity contribution in [3.8, 4) is 45.6 Å². The fourth-order valence-corrected chi connectivity index (χ4v) is 12.6. The topological polar surface area (TPSA) is 383 Å². The number of aromatic hydroxyl groups is 2. The maximum Gasteiger partial charge on any atom is 0.375 e. The fraction of sp³-hybridized carbons (Fsp3) is 0.506. The normalized spacial score (nSPS) is 22.4. The van der Waals surface area contributed by atoms with Crippen molar-refractivity contribution >= 4 is 41.6 Å². The van der Waals surface area contributed by atoms with Crippen LogP contribution in [0.2, 0.25) is 0 Å². The van der Waals surface area contributed by atoms with Gasteiger partial charge in [-0.05, 0) is 73.9 Å². The number of hydrogen-bond acceptors (Lipinski definition) is 28. The van der Waals surface area contributed by atoms with Gasteiger partial charge in [-0.1, -0.05) is 113 Å². The molecule has 0 radical (unpaired) electrons. The Kier molecular flexibility index (Phi) is 34.1. The van der Waals surface area contributed by atoms with Gasteiger partial charge in [-0.25, -0.2) is 29.1 Å². The van der Waals surface area contributed by atoms with Gasteiger partial charge in [-0.2, -0.15) is 4.57 Å². The van der Waals surface area contributed by atoms with Crippen LogP contribution in [-0.4, -0.2) is 222 Å². The summed E-state index contributed by atoms with van der Waals surface area (Å²) >= 11 is 0. The van der Waals surface area contributed by atoms with Crippen LogP contribution in [-0.2, 0) is 107 Å². The van der Waals surface area contributed by atoms with Crippen LogP contribution >= 0.6 is 0 Å². The first-order chi connectivity index (χ1) is 54.8. The summed E-state index contributed by atoms with van der Waals surface area (Å²) in [6.07, 6.45) is 1.17. The molecule has 612 valence electrons. The van der Waals surface area contributed by atoms with E-state index in [-0.39, 0.29) is 87.2 Å². The van der Waals surface area contributed by atoms with E-state index in [1.54, 1.807) is 20.8 Å². The van der Waals surface area contributed by atoms with Gasteiger partial charge in [0, 0.05) is 50.4 Å². The maximum atomic E-state index is 14.5. The molecule has 6 aromatic rings. The number of cyclic esters (lactones) is 3. The van der Waals surface area contributed by atoms with Gasteiger partial charge >= 0.3 is 35.5 Å². The van der Waals surface area contributed by atoms with Gasteiger partial charge in [0.1, 0.15) is 54.9 Å². The highest BCUT2D eigenvalue weighted by Gasteiger charge is 2.42. The van der Waals surface area contributed by atoms with Crippen LogP contribution in [0.15, 0.2) is 116 Å². The van der Waals surface area contributed by atoms with E-state index in [1.165, 1.54) is 58.1 Å². The van der Waals surface area contributed by atoms with Crippen LogP contribution in [0.25, 0.3) is 11.1 Å². The molecule has 3 aliphatic heterocycles. The maximum absolute atomic E-state index is 14.5. The Balaban J connectivity index is 0.828. The first-order valence-electron chi connectivity index (χ1n) is 37.8. The lowest BCUT2D eigenvalue weighted by Gasteiger charge is -2.31. The minimum Gasteiger partial charge on any atom is -0.503 e.